The summed E-state index contributed by atoms with van der Waals surface area (Å²) < 4.78 is 5.50. The maximum atomic E-state index is 12.5. The van der Waals surface area contributed by atoms with Crippen molar-refractivity contribution in [3.8, 4) is 0 Å². The van der Waals surface area contributed by atoms with Gasteiger partial charge in [-0.05, 0) is 89.9 Å². The van der Waals surface area contributed by atoms with Gasteiger partial charge < -0.3 is 20.3 Å². The smallest absolute Gasteiger partial charge is 0.305 e. The number of unbranched alkanes of at least 4 members (excludes halogenated alkanes) is 52. The van der Waals surface area contributed by atoms with Gasteiger partial charge in [0.2, 0.25) is 5.91 Å². The van der Waals surface area contributed by atoms with Gasteiger partial charge in [-0.15, -0.1) is 0 Å². The predicted octanol–water partition coefficient (Wildman–Crippen LogP) is 24.0. The highest BCUT2D eigenvalue weighted by atomic mass is 16.5. The Balaban J connectivity index is 3.39. The topological polar surface area (TPSA) is 95.9 Å². The van der Waals surface area contributed by atoms with Crippen LogP contribution in [-0.4, -0.2) is 47.4 Å². The van der Waals surface area contributed by atoms with E-state index in [1.165, 1.54) is 321 Å². The lowest BCUT2D eigenvalue weighted by molar-refractivity contribution is -0.143. The third-order valence-corrected chi connectivity index (χ3v) is 17.1. The van der Waals surface area contributed by atoms with E-state index in [1.807, 2.05) is 6.08 Å². The van der Waals surface area contributed by atoms with Crippen LogP contribution in [0.1, 0.15) is 399 Å². The number of rotatable bonds is 69. The molecule has 0 aromatic carbocycles. The quantitative estimate of drug-likeness (QED) is 0.0320. The van der Waals surface area contributed by atoms with Crippen molar-refractivity contribution in [3.63, 3.8) is 0 Å². The van der Waals surface area contributed by atoms with Crippen LogP contribution in [0.2, 0.25) is 0 Å². The minimum absolute atomic E-state index is 0.00867. The maximum Gasteiger partial charge on any atom is 0.305 e. The van der Waals surface area contributed by atoms with Crippen LogP contribution in [-0.2, 0) is 14.3 Å². The van der Waals surface area contributed by atoms with Gasteiger partial charge in [-0.2, -0.15) is 0 Å². The largest absolute Gasteiger partial charge is 0.466 e. The average molecular weight is 1150 g/mol. The molecule has 0 saturated carbocycles. The predicted molar refractivity (Wildman–Crippen MR) is 361 cm³/mol. The minimum atomic E-state index is -0.845. The Hall–Kier alpha value is -2.18. The summed E-state index contributed by atoms with van der Waals surface area (Å²) in [7, 11) is 0. The van der Waals surface area contributed by atoms with E-state index in [1.54, 1.807) is 6.08 Å². The van der Waals surface area contributed by atoms with Gasteiger partial charge in [0.1, 0.15) is 0 Å². The van der Waals surface area contributed by atoms with Gasteiger partial charge in [-0.3, -0.25) is 9.59 Å². The maximum absolute atomic E-state index is 12.5. The van der Waals surface area contributed by atoms with Gasteiger partial charge in [-0.25, -0.2) is 0 Å². The fourth-order valence-electron chi connectivity index (χ4n) is 11.4. The van der Waals surface area contributed by atoms with Gasteiger partial charge in [0.15, 0.2) is 0 Å². The molecule has 3 N–H and O–H groups in total. The molecule has 6 nitrogen and oxygen atoms in total. The van der Waals surface area contributed by atoms with Crippen molar-refractivity contribution < 1.29 is 24.5 Å². The van der Waals surface area contributed by atoms with Crippen LogP contribution in [0.3, 0.4) is 0 Å². The molecule has 0 aliphatic heterocycles. The van der Waals surface area contributed by atoms with Crippen LogP contribution < -0.4 is 5.32 Å². The number of nitrogens with one attached hydrogen (secondary N) is 1. The summed E-state index contributed by atoms with van der Waals surface area (Å²) in [6.07, 6.45) is 93.4. The summed E-state index contributed by atoms with van der Waals surface area (Å²) >= 11 is 0. The molecule has 2 atom stereocenters. The molecule has 6 heteroatoms. The second kappa shape index (κ2) is 71.3. The van der Waals surface area contributed by atoms with Crippen molar-refractivity contribution in [2.45, 2.75) is 411 Å². The third kappa shape index (κ3) is 67.0. The van der Waals surface area contributed by atoms with Crippen molar-refractivity contribution >= 4 is 11.9 Å². The monoisotopic (exact) mass is 1150 g/mol. The summed E-state index contributed by atoms with van der Waals surface area (Å²) in [5.74, 6) is -0.0554. The number of carbonyl (C=O) groups excluding carboxylic acids is 2. The Morgan fingerprint density at radius 3 is 0.963 bits per heavy atom. The first-order valence-electron chi connectivity index (χ1n) is 36.9. The molecule has 0 aliphatic carbocycles. The van der Waals surface area contributed by atoms with E-state index < -0.39 is 12.1 Å². The number of aliphatic hydroxyl groups is 2. The molecule has 0 saturated heterocycles. The third-order valence-electron chi connectivity index (χ3n) is 17.1. The molecule has 2 unspecified atom stereocenters. The summed E-state index contributed by atoms with van der Waals surface area (Å²) in [4.78, 5) is 24.6. The molecule has 0 aromatic heterocycles. The molecule has 1 amide bonds. The number of esters is 1. The summed E-state index contributed by atoms with van der Waals surface area (Å²) in [6, 6.07) is -0.629. The van der Waals surface area contributed by atoms with Gasteiger partial charge >= 0.3 is 5.97 Å². The van der Waals surface area contributed by atoms with Gasteiger partial charge in [0, 0.05) is 12.8 Å². The molecule has 0 fully saturated rings. The fraction of sp³-hybridized carbons (Fsp3) is 0.868. The second-order valence-electron chi connectivity index (χ2n) is 25.3. The van der Waals surface area contributed by atoms with Crippen molar-refractivity contribution in [2.75, 3.05) is 13.2 Å². The number of hydrogen-bond donors (Lipinski definition) is 3. The number of hydrogen-bond acceptors (Lipinski definition) is 5. The first kappa shape index (κ1) is 79.8. The molecule has 82 heavy (non-hydrogen) atoms. The first-order valence-corrected chi connectivity index (χ1v) is 36.9. The van der Waals surface area contributed by atoms with Crippen molar-refractivity contribution in [1.29, 1.82) is 0 Å². The summed E-state index contributed by atoms with van der Waals surface area (Å²) in [5, 5.41) is 23.2. The number of aliphatic hydroxyl groups excluding tert-OH is 2. The summed E-state index contributed by atoms with van der Waals surface area (Å²) in [5.41, 5.74) is 0. The second-order valence-corrected chi connectivity index (χ2v) is 25.3. The average Bonchev–Trinajstić information content (AvgIpc) is 3.48. The minimum Gasteiger partial charge on any atom is -0.466 e. The van der Waals surface area contributed by atoms with Crippen LogP contribution in [0.25, 0.3) is 0 Å². The molecule has 0 radical (unpaired) electrons. The van der Waals surface area contributed by atoms with E-state index >= 15 is 0 Å². The Bertz CT molecular complexity index is 1370. The molecule has 482 valence electrons. The molecule has 0 aromatic rings. The fourth-order valence-corrected chi connectivity index (χ4v) is 11.4. The van der Waals surface area contributed by atoms with Crippen LogP contribution in [0.4, 0.5) is 0 Å². The zero-order chi connectivity index (χ0) is 59.2. The standard InChI is InChI=1S/C76H143NO5/c1-3-5-7-9-11-13-15-17-19-21-33-37-40-44-48-52-56-60-64-68-74(79)73(72-78)77-75(80)69-65-61-57-53-49-45-41-38-34-31-29-27-25-23-22-24-26-28-30-32-35-39-43-47-51-55-59-63-67-71-82-76(81)70-66-62-58-54-50-46-42-36-20-18-16-14-12-10-8-6-4-2/h12,14,18,20,22,24,64,68,73-74,78-79H,3-11,13,15-17,19,21,23,25-63,65-67,69-72H2,1-2H3,(H,77,80)/b14-12-,20-18-,24-22-,68-64+. The highest BCUT2D eigenvalue weighted by Crippen LogP contribution is 2.18. The lowest BCUT2D eigenvalue weighted by atomic mass is 10.0. The van der Waals surface area contributed by atoms with Crippen LogP contribution in [0, 0.1) is 0 Å². The number of carbonyl (C=O) groups is 2. The van der Waals surface area contributed by atoms with Gasteiger partial charge in [-0.1, -0.05) is 345 Å². The number of allylic oxidation sites excluding steroid dienone is 7. The normalized spacial score (nSPS) is 12.8. The van der Waals surface area contributed by atoms with Crippen molar-refractivity contribution in [3.05, 3.63) is 48.6 Å². The molecule has 0 spiro atoms. The van der Waals surface area contributed by atoms with E-state index in [9.17, 15) is 19.8 Å². The highest BCUT2D eigenvalue weighted by Gasteiger charge is 2.18. The molecular formula is C76H143NO5. The van der Waals surface area contributed by atoms with Crippen LogP contribution >= 0.6 is 0 Å². The first-order chi connectivity index (χ1) is 40.5. The Morgan fingerprint density at radius 1 is 0.341 bits per heavy atom. The van der Waals surface area contributed by atoms with E-state index in [0.717, 1.165) is 51.4 Å². The SMILES string of the molecule is CCCCC/C=C\C/C=C\CCCCCCCCCC(=O)OCCCCCCCCCCCCCC/C=C\CCCCCCCCCCCCCCCC(=O)NC(CO)C(O)/C=C/CCCCCCCCCCCCCCCCCCC. The Kier molecular flexibility index (Phi) is 69.4. The Labute approximate surface area is 512 Å². The number of amides is 1. The zero-order valence-electron chi connectivity index (χ0n) is 55.2. The van der Waals surface area contributed by atoms with Gasteiger partial charge in [0.25, 0.3) is 0 Å². The molecule has 0 bridgehead atoms. The number of ether oxygens (including phenoxy) is 1. The van der Waals surface area contributed by atoms with E-state index in [4.69, 9.17) is 4.74 Å². The molecule has 0 aliphatic rings. The molecule has 0 heterocycles. The van der Waals surface area contributed by atoms with Crippen LogP contribution in [0.5, 0.6) is 0 Å². The van der Waals surface area contributed by atoms with E-state index in [-0.39, 0.29) is 18.5 Å². The molecular weight excluding hydrogens is 1010 g/mol. The zero-order valence-corrected chi connectivity index (χ0v) is 55.2. The summed E-state index contributed by atoms with van der Waals surface area (Å²) in [6.45, 7) is 4.91. The lowest BCUT2D eigenvalue weighted by Gasteiger charge is -2.20. The highest BCUT2D eigenvalue weighted by molar-refractivity contribution is 5.76. The van der Waals surface area contributed by atoms with E-state index in [0.29, 0.717) is 19.4 Å². The lowest BCUT2D eigenvalue weighted by Crippen LogP contribution is -2.45. The van der Waals surface area contributed by atoms with Crippen molar-refractivity contribution in [1.82, 2.24) is 5.32 Å². The van der Waals surface area contributed by atoms with Crippen LogP contribution in [0.15, 0.2) is 48.6 Å². The molecule has 0 rings (SSSR count). The Morgan fingerprint density at radius 2 is 0.610 bits per heavy atom. The van der Waals surface area contributed by atoms with Crippen molar-refractivity contribution in [2.24, 2.45) is 0 Å². The van der Waals surface area contributed by atoms with E-state index in [2.05, 4.69) is 55.6 Å². The van der Waals surface area contributed by atoms with Gasteiger partial charge in [0.05, 0.1) is 25.4 Å².